The van der Waals surface area contributed by atoms with E-state index in [9.17, 15) is 18.8 Å². The number of rotatable bonds is 6. The highest BCUT2D eigenvalue weighted by Gasteiger charge is 2.20. The van der Waals surface area contributed by atoms with Gasteiger partial charge in [-0.1, -0.05) is 6.07 Å². The fraction of sp³-hybridized carbons (Fsp3) is 0.308. The summed E-state index contributed by atoms with van der Waals surface area (Å²) in [5.74, 6) is -3.01. The lowest BCUT2D eigenvalue weighted by Crippen LogP contribution is -2.43. The summed E-state index contributed by atoms with van der Waals surface area (Å²) in [7, 11) is 0. The summed E-state index contributed by atoms with van der Waals surface area (Å²) >= 11 is 0. The zero-order valence-corrected chi connectivity index (χ0v) is 11.2. The Bertz CT molecular complexity index is 561. The van der Waals surface area contributed by atoms with E-state index in [-0.39, 0.29) is 12.1 Å². The molecule has 1 aromatic rings. The first-order valence-electron chi connectivity index (χ1n) is 6.08. The Balaban J connectivity index is 2.62. The third-order valence-corrected chi connectivity index (χ3v) is 2.68. The Labute approximate surface area is 119 Å². The fourth-order valence-corrected chi connectivity index (χ4v) is 1.52. The van der Waals surface area contributed by atoms with Crippen LogP contribution in [-0.4, -0.2) is 34.2 Å². The van der Waals surface area contributed by atoms with Gasteiger partial charge in [0, 0.05) is 12.1 Å². The van der Waals surface area contributed by atoms with Gasteiger partial charge < -0.3 is 20.8 Å². The van der Waals surface area contributed by atoms with Gasteiger partial charge in [-0.05, 0) is 31.0 Å². The first kappa shape index (κ1) is 16.4. The van der Waals surface area contributed by atoms with E-state index in [1.165, 1.54) is 12.1 Å². The summed E-state index contributed by atoms with van der Waals surface area (Å²) in [6.45, 7) is 1.56. The van der Waals surface area contributed by atoms with Gasteiger partial charge in [-0.15, -0.1) is 0 Å². The molecule has 0 saturated carbocycles. The molecule has 0 fully saturated rings. The van der Waals surface area contributed by atoms with E-state index in [2.05, 4.69) is 10.6 Å². The molecule has 1 aromatic carbocycles. The van der Waals surface area contributed by atoms with E-state index in [1.807, 2.05) is 0 Å². The Kier molecular flexibility index (Phi) is 5.65. The average molecular weight is 298 g/mol. The van der Waals surface area contributed by atoms with Gasteiger partial charge in [-0.25, -0.2) is 14.0 Å². The summed E-state index contributed by atoms with van der Waals surface area (Å²) in [6.07, 6.45) is -0.642. The molecule has 0 aliphatic carbocycles. The standard InChI is InChI=1S/C13H15FN2O5/c1-7-2-3-8(6-9(7)14)15-13(21)16-10(12(19)20)4-5-11(17)18/h2-3,6,10H,4-5H2,1H3,(H,17,18)(H,19,20)(H2,15,16,21). The van der Waals surface area contributed by atoms with E-state index < -0.39 is 36.2 Å². The average Bonchev–Trinajstić information content (AvgIpc) is 2.38. The fourth-order valence-electron chi connectivity index (χ4n) is 1.52. The highest BCUT2D eigenvalue weighted by atomic mass is 19.1. The van der Waals surface area contributed by atoms with Crippen molar-refractivity contribution in [3.8, 4) is 0 Å². The molecular weight excluding hydrogens is 283 g/mol. The van der Waals surface area contributed by atoms with Crippen LogP contribution in [0.2, 0.25) is 0 Å². The van der Waals surface area contributed by atoms with Crippen molar-refractivity contribution in [2.75, 3.05) is 5.32 Å². The molecule has 0 spiro atoms. The molecule has 0 aliphatic heterocycles. The number of halogens is 1. The highest BCUT2D eigenvalue weighted by Crippen LogP contribution is 2.13. The van der Waals surface area contributed by atoms with E-state index in [0.29, 0.717) is 5.56 Å². The SMILES string of the molecule is Cc1ccc(NC(=O)NC(CCC(=O)O)C(=O)O)cc1F. The molecule has 0 saturated heterocycles. The number of carbonyl (C=O) groups excluding carboxylic acids is 1. The maximum Gasteiger partial charge on any atom is 0.326 e. The number of aliphatic carboxylic acids is 2. The summed E-state index contributed by atoms with van der Waals surface area (Å²) < 4.78 is 13.3. The van der Waals surface area contributed by atoms with Crippen molar-refractivity contribution >= 4 is 23.7 Å². The number of carboxylic acids is 2. The quantitative estimate of drug-likeness (QED) is 0.636. The van der Waals surface area contributed by atoms with Crippen LogP contribution in [0.5, 0.6) is 0 Å². The summed E-state index contributed by atoms with van der Waals surface area (Å²) in [4.78, 5) is 32.9. The zero-order valence-electron chi connectivity index (χ0n) is 11.2. The van der Waals surface area contributed by atoms with Crippen LogP contribution >= 0.6 is 0 Å². The predicted molar refractivity (Wildman–Crippen MR) is 71.6 cm³/mol. The second-order valence-electron chi connectivity index (χ2n) is 4.39. The van der Waals surface area contributed by atoms with Gasteiger partial charge in [-0.2, -0.15) is 0 Å². The second-order valence-corrected chi connectivity index (χ2v) is 4.39. The highest BCUT2D eigenvalue weighted by molar-refractivity contribution is 5.92. The van der Waals surface area contributed by atoms with Gasteiger partial charge in [-0.3, -0.25) is 4.79 Å². The third-order valence-electron chi connectivity index (χ3n) is 2.68. The third kappa shape index (κ3) is 5.47. The maximum absolute atomic E-state index is 13.3. The van der Waals surface area contributed by atoms with Gasteiger partial charge >= 0.3 is 18.0 Å². The van der Waals surface area contributed by atoms with E-state index in [4.69, 9.17) is 10.2 Å². The van der Waals surface area contributed by atoms with Gasteiger partial charge in [0.05, 0.1) is 0 Å². The van der Waals surface area contributed by atoms with Gasteiger partial charge in [0.2, 0.25) is 0 Å². The minimum atomic E-state index is -1.35. The van der Waals surface area contributed by atoms with Crippen LogP contribution < -0.4 is 10.6 Å². The molecule has 0 aliphatic rings. The monoisotopic (exact) mass is 298 g/mol. The predicted octanol–water partition coefficient (Wildman–Crippen LogP) is 1.57. The molecule has 4 N–H and O–H groups in total. The van der Waals surface area contributed by atoms with Crippen molar-refractivity contribution < 1.29 is 29.0 Å². The smallest absolute Gasteiger partial charge is 0.326 e. The zero-order chi connectivity index (χ0) is 16.0. The van der Waals surface area contributed by atoms with Crippen molar-refractivity contribution in [1.29, 1.82) is 0 Å². The lowest BCUT2D eigenvalue weighted by Gasteiger charge is -2.14. The number of anilines is 1. The Hall–Kier alpha value is -2.64. The van der Waals surface area contributed by atoms with Crippen molar-refractivity contribution in [2.45, 2.75) is 25.8 Å². The molecule has 1 unspecified atom stereocenters. The molecule has 7 nitrogen and oxygen atoms in total. The summed E-state index contributed by atoms with van der Waals surface area (Å²) in [5.41, 5.74) is 0.573. The molecule has 0 aromatic heterocycles. The molecule has 0 bridgehead atoms. The molecule has 2 amide bonds. The van der Waals surface area contributed by atoms with E-state index in [0.717, 1.165) is 6.07 Å². The van der Waals surface area contributed by atoms with Crippen LogP contribution in [0.4, 0.5) is 14.9 Å². The number of hydrogen-bond donors (Lipinski definition) is 4. The Morgan fingerprint density at radius 3 is 2.48 bits per heavy atom. The minimum absolute atomic E-state index is 0.165. The summed E-state index contributed by atoms with van der Waals surface area (Å²) in [5, 5.41) is 21.8. The van der Waals surface area contributed by atoms with Gasteiger partial charge in [0.25, 0.3) is 0 Å². The number of carbonyl (C=O) groups is 3. The molecular formula is C13H15FN2O5. The van der Waals surface area contributed by atoms with Crippen molar-refractivity contribution in [3.63, 3.8) is 0 Å². The largest absolute Gasteiger partial charge is 0.481 e. The molecule has 0 radical (unpaired) electrons. The normalized spacial score (nSPS) is 11.5. The number of carboxylic acid groups (broad SMARTS) is 2. The molecule has 21 heavy (non-hydrogen) atoms. The van der Waals surface area contributed by atoms with E-state index in [1.54, 1.807) is 6.92 Å². The molecule has 0 heterocycles. The van der Waals surface area contributed by atoms with Gasteiger partial charge in [0.15, 0.2) is 0 Å². The summed E-state index contributed by atoms with van der Waals surface area (Å²) in [6, 6.07) is 1.84. The Morgan fingerprint density at radius 1 is 1.29 bits per heavy atom. The van der Waals surface area contributed by atoms with Crippen LogP contribution in [-0.2, 0) is 9.59 Å². The first-order chi connectivity index (χ1) is 9.79. The number of amides is 2. The van der Waals surface area contributed by atoms with Crippen molar-refractivity contribution in [2.24, 2.45) is 0 Å². The molecule has 8 heteroatoms. The second kappa shape index (κ2) is 7.22. The van der Waals surface area contributed by atoms with Crippen LogP contribution in [0, 0.1) is 12.7 Å². The van der Waals surface area contributed by atoms with E-state index >= 15 is 0 Å². The van der Waals surface area contributed by atoms with Crippen molar-refractivity contribution in [1.82, 2.24) is 5.32 Å². The topological polar surface area (TPSA) is 116 Å². The lowest BCUT2D eigenvalue weighted by molar-refractivity contribution is -0.140. The molecule has 1 rings (SSSR count). The molecule has 114 valence electrons. The number of aryl methyl sites for hydroxylation is 1. The number of nitrogens with one attached hydrogen (secondary N) is 2. The maximum atomic E-state index is 13.3. The van der Waals surface area contributed by atoms with Crippen LogP contribution in [0.15, 0.2) is 18.2 Å². The van der Waals surface area contributed by atoms with Crippen LogP contribution in [0.25, 0.3) is 0 Å². The lowest BCUT2D eigenvalue weighted by atomic mass is 10.1. The number of urea groups is 1. The minimum Gasteiger partial charge on any atom is -0.481 e. The Morgan fingerprint density at radius 2 is 1.95 bits per heavy atom. The van der Waals surface area contributed by atoms with Crippen LogP contribution in [0.3, 0.4) is 0 Å². The number of hydrogen-bond acceptors (Lipinski definition) is 3. The van der Waals surface area contributed by atoms with Crippen LogP contribution in [0.1, 0.15) is 18.4 Å². The number of benzene rings is 1. The van der Waals surface area contributed by atoms with Crippen molar-refractivity contribution in [3.05, 3.63) is 29.6 Å². The first-order valence-corrected chi connectivity index (χ1v) is 6.08. The molecule has 1 atom stereocenters. The van der Waals surface area contributed by atoms with Gasteiger partial charge in [0.1, 0.15) is 11.9 Å².